The third kappa shape index (κ3) is 5.08. The molecule has 2 unspecified atom stereocenters. The van der Waals surface area contributed by atoms with Crippen molar-refractivity contribution >= 4 is 21.9 Å². The Hall–Kier alpha value is -5.87. The number of benzene rings is 5. The zero-order valence-corrected chi connectivity index (χ0v) is 25.8. The third-order valence-corrected chi connectivity index (χ3v) is 9.31. The molecule has 2 atom stereocenters. The molecule has 0 N–H and O–H groups in total. The molecule has 6 aromatic rings. The van der Waals surface area contributed by atoms with Gasteiger partial charge in [0.05, 0.1) is 0 Å². The first-order chi connectivity index (χ1) is 23.3. The molecule has 224 valence electrons. The van der Waals surface area contributed by atoms with Gasteiger partial charge in [-0.05, 0) is 64.1 Å². The maximum Gasteiger partial charge on any atom is 0.164 e. The predicted octanol–water partition coefficient (Wildman–Crippen LogP) is 10.3. The Morgan fingerprint density at radius 3 is 2.09 bits per heavy atom. The van der Waals surface area contributed by atoms with Crippen LogP contribution in [0.4, 0.5) is 0 Å². The summed E-state index contributed by atoms with van der Waals surface area (Å²) in [6, 6.07) is 40.0. The molecule has 2 aliphatic carbocycles. The van der Waals surface area contributed by atoms with Gasteiger partial charge < -0.3 is 4.74 Å². The minimum atomic E-state index is -0.108. The van der Waals surface area contributed by atoms with Gasteiger partial charge >= 0.3 is 0 Å². The monoisotopic (exact) mass is 605 g/mol. The minimum absolute atomic E-state index is 0.0573. The summed E-state index contributed by atoms with van der Waals surface area (Å²) in [7, 11) is 0. The molecule has 0 saturated heterocycles. The molecule has 0 radical (unpaired) electrons. The molecule has 0 bridgehead atoms. The standard InChI is InChI=1S/C43H31N3O/c1-3-10-28(11-4-1)30-18-21-32(22-19-30)42-44-41(31-13-5-2-6-14-31)45-43(46-42)37-16-9-17-38-40(37)36-25-24-35(27-39(36)47-38)34-23-20-29-12-7-8-15-33(29)26-34/h2-3,5-27,36,39H,1,4H2. The number of fused-ring (bicyclic) bond motifs is 4. The van der Waals surface area contributed by atoms with Gasteiger partial charge in [0.1, 0.15) is 11.9 Å². The normalized spacial score (nSPS) is 17.9. The predicted molar refractivity (Wildman–Crippen MR) is 191 cm³/mol. The van der Waals surface area contributed by atoms with Gasteiger partial charge in [0, 0.05) is 28.2 Å². The van der Waals surface area contributed by atoms with Gasteiger partial charge in [0.2, 0.25) is 0 Å². The molecule has 0 fully saturated rings. The molecular formula is C43H31N3O. The average molecular weight is 606 g/mol. The zero-order valence-electron chi connectivity index (χ0n) is 25.8. The molecule has 0 amide bonds. The Balaban J connectivity index is 1.10. The van der Waals surface area contributed by atoms with Crippen molar-refractivity contribution in [2.75, 3.05) is 0 Å². The SMILES string of the molecule is C1=CC(c2ccc(-c3nc(-c4ccccc4)nc(-c4cccc5c4C4C=CC(c6ccc7ccccc7c6)=CC4O5)n3)cc2)=CCC1. The number of ether oxygens (including phenoxy) is 1. The van der Waals surface area contributed by atoms with Gasteiger partial charge in [-0.25, -0.2) is 15.0 Å². The van der Waals surface area contributed by atoms with Crippen molar-refractivity contribution in [3.8, 4) is 39.9 Å². The van der Waals surface area contributed by atoms with Crippen LogP contribution in [0, 0.1) is 0 Å². The van der Waals surface area contributed by atoms with E-state index in [1.807, 2.05) is 36.4 Å². The minimum Gasteiger partial charge on any atom is -0.485 e. The molecule has 5 aromatic carbocycles. The van der Waals surface area contributed by atoms with Crippen LogP contribution in [-0.2, 0) is 0 Å². The average Bonchev–Trinajstić information content (AvgIpc) is 3.53. The third-order valence-electron chi connectivity index (χ3n) is 9.31. The van der Waals surface area contributed by atoms with E-state index in [0.29, 0.717) is 17.5 Å². The lowest BCUT2D eigenvalue weighted by atomic mass is 9.85. The fourth-order valence-corrected chi connectivity index (χ4v) is 6.90. The summed E-state index contributed by atoms with van der Waals surface area (Å²) in [5.41, 5.74) is 8.81. The number of allylic oxidation sites excluding steroid dienone is 6. The quantitative estimate of drug-likeness (QED) is 0.196. The van der Waals surface area contributed by atoms with Crippen LogP contribution in [0.15, 0.2) is 152 Å². The maximum atomic E-state index is 6.60. The maximum absolute atomic E-state index is 6.60. The van der Waals surface area contributed by atoms with Gasteiger partial charge in [-0.2, -0.15) is 0 Å². The number of aromatic nitrogens is 3. The first-order valence-electron chi connectivity index (χ1n) is 16.2. The molecule has 2 heterocycles. The van der Waals surface area contributed by atoms with Gasteiger partial charge in [0.15, 0.2) is 17.5 Å². The molecule has 3 aliphatic rings. The highest BCUT2D eigenvalue weighted by atomic mass is 16.5. The molecule has 0 saturated carbocycles. The second-order valence-electron chi connectivity index (χ2n) is 12.3. The van der Waals surface area contributed by atoms with Crippen molar-refractivity contribution in [1.82, 2.24) is 15.0 Å². The van der Waals surface area contributed by atoms with Gasteiger partial charge in [-0.1, -0.05) is 134 Å². The highest BCUT2D eigenvalue weighted by Gasteiger charge is 2.36. The summed E-state index contributed by atoms with van der Waals surface area (Å²) in [5, 5.41) is 2.47. The molecule has 9 rings (SSSR count). The van der Waals surface area contributed by atoms with E-state index in [0.717, 1.165) is 40.8 Å². The van der Waals surface area contributed by atoms with E-state index in [-0.39, 0.29) is 12.0 Å². The lowest BCUT2D eigenvalue weighted by Crippen LogP contribution is -2.17. The molecular weight excluding hydrogens is 574 g/mol. The number of nitrogens with zero attached hydrogens (tertiary/aromatic N) is 3. The van der Waals surface area contributed by atoms with Crippen molar-refractivity contribution < 1.29 is 4.74 Å². The topological polar surface area (TPSA) is 47.9 Å². The summed E-state index contributed by atoms with van der Waals surface area (Å²) < 4.78 is 6.60. The van der Waals surface area contributed by atoms with E-state index in [1.54, 1.807) is 0 Å². The van der Waals surface area contributed by atoms with Crippen LogP contribution in [0.3, 0.4) is 0 Å². The molecule has 4 nitrogen and oxygen atoms in total. The smallest absolute Gasteiger partial charge is 0.164 e. The zero-order chi connectivity index (χ0) is 31.2. The van der Waals surface area contributed by atoms with Crippen LogP contribution < -0.4 is 4.74 Å². The first kappa shape index (κ1) is 27.4. The Bertz CT molecular complexity index is 2280. The van der Waals surface area contributed by atoms with Crippen LogP contribution in [0.5, 0.6) is 5.75 Å². The molecule has 0 spiro atoms. The highest BCUT2D eigenvalue weighted by Crippen LogP contribution is 2.47. The molecule has 1 aromatic heterocycles. The fraction of sp³-hybridized carbons (Fsp3) is 0.0930. The number of hydrogen-bond donors (Lipinski definition) is 0. The van der Waals surface area contributed by atoms with Gasteiger partial charge in [0.25, 0.3) is 0 Å². The molecule has 1 aliphatic heterocycles. The van der Waals surface area contributed by atoms with Gasteiger partial charge in [-0.3, -0.25) is 0 Å². The molecule has 47 heavy (non-hydrogen) atoms. The van der Waals surface area contributed by atoms with Crippen molar-refractivity contribution in [2.45, 2.75) is 24.9 Å². The van der Waals surface area contributed by atoms with Crippen molar-refractivity contribution in [3.63, 3.8) is 0 Å². The Morgan fingerprint density at radius 1 is 0.553 bits per heavy atom. The Labute approximate surface area is 274 Å². The van der Waals surface area contributed by atoms with Crippen molar-refractivity contribution in [3.05, 3.63) is 168 Å². The largest absolute Gasteiger partial charge is 0.485 e. The van der Waals surface area contributed by atoms with Crippen LogP contribution in [0.2, 0.25) is 0 Å². The van der Waals surface area contributed by atoms with E-state index in [1.165, 1.54) is 33.0 Å². The van der Waals surface area contributed by atoms with Crippen LogP contribution >= 0.6 is 0 Å². The second kappa shape index (κ2) is 11.5. The summed E-state index contributed by atoms with van der Waals surface area (Å²) in [6.45, 7) is 0. The lowest BCUT2D eigenvalue weighted by molar-refractivity contribution is 0.269. The Morgan fingerprint density at radius 2 is 1.28 bits per heavy atom. The van der Waals surface area contributed by atoms with E-state index in [2.05, 4.69) is 115 Å². The van der Waals surface area contributed by atoms with Gasteiger partial charge in [-0.15, -0.1) is 0 Å². The summed E-state index contributed by atoms with van der Waals surface area (Å²) in [4.78, 5) is 15.1. The first-order valence-corrected chi connectivity index (χ1v) is 16.2. The van der Waals surface area contributed by atoms with E-state index >= 15 is 0 Å². The summed E-state index contributed by atoms with van der Waals surface area (Å²) in [6.07, 6.45) is 15.6. The van der Waals surface area contributed by atoms with E-state index in [9.17, 15) is 0 Å². The van der Waals surface area contributed by atoms with Crippen LogP contribution in [0.25, 0.3) is 56.1 Å². The number of rotatable bonds is 5. The fourth-order valence-electron chi connectivity index (χ4n) is 6.90. The summed E-state index contributed by atoms with van der Waals surface area (Å²) >= 11 is 0. The lowest BCUT2D eigenvalue weighted by Gasteiger charge is -2.20. The summed E-state index contributed by atoms with van der Waals surface area (Å²) in [5.74, 6) is 2.88. The van der Waals surface area contributed by atoms with Crippen LogP contribution in [-0.4, -0.2) is 21.1 Å². The van der Waals surface area contributed by atoms with E-state index < -0.39 is 0 Å². The highest BCUT2D eigenvalue weighted by molar-refractivity contribution is 5.89. The Kier molecular flexibility index (Phi) is 6.71. The number of hydrogen-bond acceptors (Lipinski definition) is 4. The van der Waals surface area contributed by atoms with Crippen LogP contribution in [0.1, 0.15) is 35.4 Å². The molecule has 4 heteroatoms. The second-order valence-corrected chi connectivity index (χ2v) is 12.3. The van der Waals surface area contributed by atoms with Crippen molar-refractivity contribution in [1.29, 1.82) is 0 Å². The van der Waals surface area contributed by atoms with E-state index in [4.69, 9.17) is 19.7 Å². The van der Waals surface area contributed by atoms with Crippen molar-refractivity contribution in [2.24, 2.45) is 0 Å².